The number of ether oxygens (including phenoxy) is 3. The fourth-order valence-electron chi connectivity index (χ4n) is 3.38. The highest BCUT2D eigenvalue weighted by atomic mass is 16.6. The Morgan fingerprint density at radius 1 is 1.11 bits per heavy atom. The molecule has 3 amide bonds. The number of hydrazine groups is 1. The van der Waals surface area contributed by atoms with E-state index in [0.29, 0.717) is 0 Å². The molecule has 0 unspecified atom stereocenters. The molecule has 184 valence electrons. The number of nitro benzene ring substituents is 1. The Kier molecular flexibility index (Phi) is 7.81. The molecule has 1 atom stereocenters. The first-order chi connectivity index (χ1) is 16.7. The number of amides is 3. The fraction of sp³-hybridized carbons (Fsp3) is 0.273. The molecule has 2 aromatic rings. The molecule has 1 aliphatic heterocycles. The second-order valence-electron chi connectivity index (χ2n) is 7.35. The molecule has 0 aliphatic carbocycles. The highest BCUT2D eigenvalue weighted by Gasteiger charge is 2.37. The van der Waals surface area contributed by atoms with Gasteiger partial charge in [-0.3, -0.25) is 39.7 Å². The number of hydrogen-bond donors (Lipinski definition) is 2. The third-order valence-corrected chi connectivity index (χ3v) is 5.04. The maximum absolute atomic E-state index is 12.8. The minimum absolute atomic E-state index is 0.0779. The van der Waals surface area contributed by atoms with Crippen LogP contribution < -0.4 is 20.2 Å². The number of rotatable bonds is 9. The SMILES string of the molecule is COc1cccc(OC)c1C(=O)NN1C[C@H](C(=O)OCC(=O)Nc2cccc([N+](=O)[O-])c2)CC1=O. The topological polar surface area (TPSA) is 166 Å². The molecular weight excluding hydrogens is 464 g/mol. The number of carbonyl (C=O) groups excluding carboxylic acids is 4. The van der Waals surface area contributed by atoms with Gasteiger partial charge in [0.05, 0.1) is 31.6 Å². The van der Waals surface area contributed by atoms with Crippen LogP contribution in [0.4, 0.5) is 11.4 Å². The van der Waals surface area contributed by atoms with E-state index in [1.165, 1.54) is 32.4 Å². The molecule has 13 nitrogen and oxygen atoms in total. The Hall–Kier alpha value is -4.68. The van der Waals surface area contributed by atoms with Gasteiger partial charge in [0.25, 0.3) is 17.5 Å². The van der Waals surface area contributed by atoms with Crippen LogP contribution in [-0.2, 0) is 19.1 Å². The highest BCUT2D eigenvalue weighted by molar-refractivity contribution is 6.01. The molecule has 0 aromatic heterocycles. The highest BCUT2D eigenvalue weighted by Crippen LogP contribution is 2.28. The number of non-ortho nitro benzene ring substituents is 1. The third kappa shape index (κ3) is 6.01. The van der Waals surface area contributed by atoms with E-state index < -0.39 is 41.1 Å². The Labute approximate surface area is 199 Å². The minimum Gasteiger partial charge on any atom is -0.496 e. The maximum Gasteiger partial charge on any atom is 0.311 e. The van der Waals surface area contributed by atoms with Crippen LogP contribution in [0.3, 0.4) is 0 Å². The van der Waals surface area contributed by atoms with E-state index >= 15 is 0 Å². The largest absolute Gasteiger partial charge is 0.496 e. The van der Waals surface area contributed by atoms with Gasteiger partial charge in [-0.25, -0.2) is 0 Å². The Morgan fingerprint density at radius 2 is 1.77 bits per heavy atom. The van der Waals surface area contributed by atoms with Crippen molar-refractivity contribution in [2.45, 2.75) is 6.42 Å². The lowest BCUT2D eigenvalue weighted by atomic mass is 10.1. The lowest BCUT2D eigenvalue weighted by molar-refractivity contribution is -0.384. The number of carbonyl (C=O) groups is 4. The first kappa shape index (κ1) is 25.0. The number of nitrogens with zero attached hydrogens (tertiary/aromatic N) is 2. The first-order valence-corrected chi connectivity index (χ1v) is 10.3. The number of methoxy groups -OCH3 is 2. The molecule has 0 radical (unpaired) electrons. The Morgan fingerprint density at radius 3 is 2.40 bits per heavy atom. The zero-order valence-corrected chi connectivity index (χ0v) is 18.8. The quantitative estimate of drug-likeness (QED) is 0.301. The standard InChI is InChI=1S/C22H22N4O9/c1-33-16-7-4-8-17(34-2)20(16)21(29)24-25-11-13(9-19(25)28)22(30)35-12-18(27)23-14-5-3-6-15(10-14)26(31)32/h3-8,10,13H,9,11-12H2,1-2H3,(H,23,27)(H,24,29)/t13-/m1/s1. The number of nitrogens with one attached hydrogen (secondary N) is 2. The third-order valence-electron chi connectivity index (χ3n) is 5.04. The molecule has 0 spiro atoms. The van der Waals surface area contributed by atoms with Crippen molar-refractivity contribution in [2.24, 2.45) is 5.92 Å². The van der Waals surface area contributed by atoms with Crippen molar-refractivity contribution in [3.63, 3.8) is 0 Å². The van der Waals surface area contributed by atoms with Crippen molar-refractivity contribution in [1.29, 1.82) is 0 Å². The van der Waals surface area contributed by atoms with E-state index in [2.05, 4.69) is 10.7 Å². The number of esters is 1. The summed E-state index contributed by atoms with van der Waals surface area (Å²) in [6.45, 7) is -0.815. The minimum atomic E-state index is -0.909. The maximum atomic E-state index is 12.8. The second kappa shape index (κ2) is 11.0. The van der Waals surface area contributed by atoms with Crippen molar-refractivity contribution in [3.8, 4) is 11.5 Å². The average molecular weight is 486 g/mol. The number of anilines is 1. The molecular formula is C22H22N4O9. The number of benzene rings is 2. The summed E-state index contributed by atoms with van der Waals surface area (Å²) in [4.78, 5) is 59.7. The predicted octanol–water partition coefficient (Wildman–Crippen LogP) is 1.29. The lowest BCUT2D eigenvalue weighted by Gasteiger charge is -2.19. The molecule has 1 aliphatic rings. The molecule has 1 saturated heterocycles. The van der Waals surface area contributed by atoms with Crippen LogP contribution >= 0.6 is 0 Å². The van der Waals surface area contributed by atoms with E-state index in [1.807, 2.05) is 0 Å². The molecule has 35 heavy (non-hydrogen) atoms. The molecule has 13 heteroatoms. The van der Waals surface area contributed by atoms with Crippen LogP contribution in [0.15, 0.2) is 42.5 Å². The summed E-state index contributed by atoms with van der Waals surface area (Å²) < 4.78 is 15.4. The zero-order chi connectivity index (χ0) is 25.5. The van der Waals surface area contributed by atoms with Gasteiger partial charge in [0.15, 0.2) is 6.61 Å². The first-order valence-electron chi connectivity index (χ1n) is 10.3. The summed E-state index contributed by atoms with van der Waals surface area (Å²) in [5.74, 6) is -3.14. The van der Waals surface area contributed by atoms with Gasteiger partial charge < -0.3 is 19.5 Å². The van der Waals surface area contributed by atoms with Gasteiger partial charge >= 0.3 is 5.97 Å². The molecule has 0 saturated carbocycles. The van der Waals surface area contributed by atoms with Gasteiger partial charge in [-0.15, -0.1) is 0 Å². The van der Waals surface area contributed by atoms with Crippen molar-refractivity contribution < 1.29 is 38.3 Å². The van der Waals surface area contributed by atoms with E-state index in [4.69, 9.17) is 14.2 Å². The van der Waals surface area contributed by atoms with Crippen LogP contribution in [0.1, 0.15) is 16.8 Å². The lowest BCUT2D eigenvalue weighted by Crippen LogP contribution is -2.43. The normalized spacial score (nSPS) is 14.7. The molecule has 3 rings (SSSR count). The molecule has 1 fully saturated rings. The number of hydrogen-bond acceptors (Lipinski definition) is 9. The van der Waals surface area contributed by atoms with E-state index in [0.717, 1.165) is 11.1 Å². The average Bonchev–Trinajstić information content (AvgIpc) is 3.21. The van der Waals surface area contributed by atoms with Crippen molar-refractivity contribution >= 4 is 35.1 Å². The summed E-state index contributed by atoms with van der Waals surface area (Å²) in [7, 11) is 2.77. The Balaban J connectivity index is 1.55. The van der Waals surface area contributed by atoms with Gasteiger partial charge in [0.2, 0.25) is 5.91 Å². The van der Waals surface area contributed by atoms with Crippen LogP contribution in [0.25, 0.3) is 0 Å². The van der Waals surface area contributed by atoms with Crippen molar-refractivity contribution in [2.75, 3.05) is 32.7 Å². The van der Waals surface area contributed by atoms with Crippen molar-refractivity contribution in [1.82, 2.24) is 10.4 Å². The smallest absolute Gasteiger partial charge is 0.311 e. The molecule has 0 bridgehead atoms. The van der Waals surface area contributed by atoms with E-state index in [9.17, 15) is 29.3 Å². The fourth-order valence-corrected chi connectivity index (χ4v) is 3.38. The van der Waals surface area contributed by atoms with E-state index in [1.54, 1.807) is 18.2 Å². The summed E-state index contributed by atoms with van der Waals surface area (Å²) >= 11 is 0. The monoisotopic (exact) mass is 486 g/mol. The van der Waals surface area contributed by atoms with Crippen LogP contribution in [0.5, 0.6) is 11.5 Å². The second-order valence-corrected chi connectivity index (χ2v) is 7.35. The summed E-state index contributed by atoms with van der Waals surface area (Å²) in [5, 5.41) is 14.2. The van der Waals surface area contributed by atoms with Gasteiger partial charge in [-0.2, -0.15) is 0 Å². The predicted molar refractivity (Wildman–Crippen MR) is 120 cm³/mol. The van der Waals surface area contributed by atoms with Gasteiger partial charge in [0, 0.05) is 24.2 Å². The zero-order valence-electron chi connectivity index (χ0n) is 18.8. The summed E-state index contributed by atoms with van der Waals surface area (Å²) in [6, 6.07) is 10.0. The Bertz CT molecular complexity index is 1150. The van der Waals surface area contributed by atoms with Crippen LogP contribution in [0, 0.1) is 16.0 Å². The molecule has 2 N–H and O–H groups in total. The molecule has 2 aromatic carbocycles. The van der Waals surface area contributed by atoms with Crippen LogP contribution in [-0.4, -0.2) is 61.0 Å². The number of nitro groups is 1. The van der Waals surface area contributed by atoms with Gasteiger partial charge in [-0.1, -0.05) is 12.1 Å². The van der Waals surface area contributed by atoms with Crippen molar-refractivity contribution in [3.05, 3.63) is 58.1 Å². The van der Waals surface area contributed by atoms with Gasteiger partial charge in [0.1, 0.15) is 17.1 Å². The van der Waals surface area contributed by atoms with E-state index in [-0.39, 0.29) is 41.4 Å². The summed E-state index contributed by atoms with van der Waals surface area (Å²) in [6.07, 6.45) is -0.228. The summed E-state index contributed by atoms with van der Waals surface area (Å²) in [5.41, 5.74) is 2.46. The van der Waals surface area contributed by atoms with Gasteiger partial charge in [-0.05, 0) is 18.2 Å². The molecule has 1 heterocycles. The van der Waals surface area contributed by atoms with Crippen LogP contribution in [0.2, 0.25) is 0 Å².